The molecule has 2 nitrogen and oxygen atoms in total. The first-order chi connectivity index (χ1) is 10.2. The van der Waals surface area contributed by atoms with Gasteiger partial charge in [-0.25, -0.2) is 4.39 Å². The zero-order chi connectivity index (χ0) is 14.8. The molecule has 0 aliphatic rings. The summed E-state index contributed by atoms with van der Waals surface area (Å²) in [4.78, 5) is 4.32. The minimum atomic E-state index is -0.450. The normalized spacial score (nSPS) is 12.5. The van der Waals surface area contributed by atoms with Crippen molar-refractivity contribution in [3.8, 4) is 0 Å². The predicted octanol–water partition coefficient (Wildman–Crippen LogP) is 4.27. The molecule has 1 heterocycles. The third-order valence-corrected chi connectivity index (χ3v) is 3.85. The first-order valence-electron chi connectivity index (χ1n) is 6.69. The van der Waals surface area contributed by atoms with Crippen LogP contribution in [0, 0.1) is 5.82 Å². The van der Waals surface area contributed by atoms with Crippen molar-refractivity contribution in [1.29, 1.82) is 0 Å². The summed E-state index contributed by atoms with van der Waals surface area (Å²) in [6.45, 7) is 0. The average Bonchev–Trinajstić information content (AvgIpc) is 2.50. The van der Waals surface area contributed by atoms with Crippen LogP contribution in [0.3, 0.4) is 0 Å². The highest BCUT2D eigenvalue weighted by molar-refractivity contribution is 6.30. The molecule has 0 aliphatic heterocycles. The summed E-state index contributed by atoms with van der Waals surface area (Å²) in [7, 11) is 0. The van der Waals surface area contributed by atoms with Crippen molar-refractivity contribution < 1.29 is 4.39 Å². The van der Waals surface area contributed by atoms with Crippen molar-refractivity contribution in [1.82, 2.24) is 4.98 Å². The second-order valence-corrected chi connectivity index (χ2v) is 5.35. The van der Waals surface area contributed by atoms with E-state index in [1.165, 1.54) is 6.07 Å². The Labute approximate surface area is 127 Å². The second-order valence-electron chi connectivity index (χ2n) is 4.94. The van der Waals surface area contributed by atoms with Crippen LogP contribution >= 0.6 is 11.6 Å². The fourth-order valence-corrected chi connectivity index (χ4v) is 2.67. The maximum Gasteiger partial charge on any atom is 0.146 e. The Balaban J connectivity index is 1.97. The van der Waals surface area contributed by atoms with Gasteiger partial charge in [0.1, 0.15) is 5.82 Å². The molecule has 1 atom stereocenters. The van der Waals surface area contributed by atoms with Gasteiger partial charge in [0.2, 0.25) is 0 Å². The van der Waals surface area contributed by atoms with Crippen molar-refractivity contribution in [3.63, 3.8) is 0 Å². The number of nitrogens with two attached hydrogens (primary N) is 1. The lowest BCUT2D eigenvalue weighted by Crippen LogP contribution is -2.15. The smallest absolute Gasteiger partial charge is 0.146 e. The van der Waals surface area contributed by atoms with Crippen LogP contribution in [0.25, 0.3) is 10.9 Å². The Hall–Kier alpha value is -1.97. The number of benzene rings is 2. The molecule has 106 valence electrons. The molecule has 3 rings (SSSR count). The van der Waals surface area contributed by atoms with E-state index in [1.54, 1.807) is 18.3 Å². The van der Waals surface area contributed by atoms with Gasteiger partial charge in [0.15, 0.2) is 0 Å². The molecule has 3 aromatic rings. The van der Waals surface area contributed by atoms with Crippen molar-refractivity contribution in [2.24, 2.45) is 5.73 Å². The van der Waals surface area contributed by atoms with Gasteiger partial charge < -0.3 is 5.73 Å². The fraction of sp³-hybridized carbons (Fsp3) is 0.118. The van der Waals surface area contributed by atoms with Gasteiger partial charge in [-0.3, -0.25) is 4.98 Å². The number of para-hydroxylation sites is 1. The van der Waals surface area contributed by atoms with E-state index in [-0.39, 0.29) is 5.02 Å². The number of nitrogens with zero attached hydrogens (tertiary/aromatic N) is 1. The van der Waals surface area contributed by atoms with E-state index >= 15 is 0 Å². The van der Waals surface area contributed by atoms with E-state index in [9.17, 15) is 4.39 Å². The Bertz CT molecular complexity index is 783. The topological polar surface area (TPSA) is 38.9 Å². The van der Waals surface area contributed by atoms with E-state index in [4.69, 9.17) is 17.3 Å². The van der Waals surface area contributed by atoms with Crippen molar-refractivity contribution in [2.75, 3.05) is 0 Å². The Kier molecular flexibility index (Phi) is 3.86. The van der Waals surface area contributed by atoms with Gasteiger partial charge in [0.25, 0.3) is 0 Å². The molecule has 0 saturated heterocycles. The quantitative estimate of drug-likeness (QED) is 0.784. The van der Waals surface area contributed by atoms with Crippen LogP contribution in [0.5, 0.6) is 0 Å². The molecule has 0 saturated carbocycles. The Morgan fingerprint density at radius 3 is 2.76 bits per heavy atom. The van der Waals surface area contributed by atoms with Crippen LogP contribution in [-0.4, -0.2) is 4.98 Å². The SMILES string of the molecule is NC(Cc1ccnc2ccccc12)c1cccc(Cl)c1F. The van der Waals surface area contributed by atoms with Gasteiger partial charge >= 0.3 is 0 Å². The van der Waals surface area contributed by atoms with Gasteiger partial charge in [-0.05, 0) is 30.2 Å². The molecule has 0 amide bonds. The number of hydrogen-bond acceptors (Lipinski definition) is 2. The second kappa shape index (κ2) is 5.80. The molecule has 0 radical (unpaired) electrons. The summed E-state index contributed by atoms with van der Waals surface area (Å²) >= 11 is 5.82. The highest BCUT2D eigenvalue weighted by atomic mass is 35.5. The zero-order valence-electron chi connectivity index (χ0n) is 11.3. The monoisotopic (exact) mass is 300 g/mol. The van der Waals surface area contributed by atoms with Gasteiger partial charge in [0, 0.05) is 23.2 Å². The summed E-state index contributed by atoms with van der Waals surface area (Å²) in [5.74, 6) is -0.440. The lowest BCUT2D eigenvalue weighted by atomic mass is 9.97. The first-order valence-corrected chi connectivity index (χ1v) is 7.06. The van der Waals surface area contributed by atoms with Crippen LogP contribution in [-0.2, 0) is 6.42 Å². The number of aromatic nitrogens is 1. The molecule has 2 aromatic carbocycles. The number of hydrogen-bond donors (Lipinski definition) is 1. The van der Waals surface area contributed by atoms with Gasteiger partial charge in [0.05, 0.1) is 10.5 Å². The van der Waals surface area contributed by atoms with E-state index in [2.05, 4.69) is 4.98 Å². The summed E-state index contributed by atoms with van der Waals surface area (Å²) in [6, 6.07) is 14.2. The third-order valence-electron chi connectivity index (χ3n) is 3.56. The largest absolute Gasteiger partial charge is 0.324 e. The van der Waals surface area contributed by atoms with Crippen molar-refractivity contribution in [3.05, 3.63) is 76.7 Å². The number of fused-ring (bicyclic) bond motifs is 1. The lowest BCUT2D eigenvalue weighted by molar-refractivity contribution is 0.581. The van der Waals surface area contributed by atoms with E-state index in [0.717, 1.165) is 16.5 Å². The van der Waals surface area contributed by atoms with Gasteiger partial charge in [-0.1, -0.05) is 41.9 Å². The van der Waals surface area contributed by atoms with E-state index in [1.807, 2.05) is 30.3 Å². The number of rotatable bonds is 3. The minimum absolute atomic E-state index is 0.0996. The summed E-state index contributed by atoms with van der Waals surface area (Å²) in [6.07, 6.45) is 2.28. The first kappa shape index (κ1) is 14.0. The van der Waals surface area contributed by atoms with Gasteiger partial charge in [-0.15, -0.1) is 0 Å². The third kappa shape index (κ3) is 2.75. The molecule has 0 fully saturated rings. The maximum absolute atomic E-state index is 14.0. The predicted molar refractivity (Wildman–Crippen MR) is 83.8 cm³/mol. The van der Waals surface area contributed by atoms with E-state index < -0.39 is 11.9 Å². The molecule has 1 unspecified atom stereocenters. The van der Waals surface area contributed by atoms with E-state index in [0.29, 0.717) is 12.0 Å². The van der Waals surface area contributed by atoms with Crippen molar-refractivity contribution in [2.45, 2.75) is 12.5 Å². The number of pyridine rings is 1. The number of halogens is 2. The average molecular weight is 301 g/mol. The summed E-state index contributed by atoms with van der Waals surface area (Å²) in [5, 5.41) is 1.14. The van der Waals surface area contributed by atoms with Crippen molar-refractivity contribution >= 4 is 22.5 Å². The zero-order valence-corrected chi connectivity index (χ0v) is 12.0. The molecule has 1 aromatic heterocycles. The summed E-state index contributed by atoms with van der Waals surface area (Å²) < 4.78 is 14.0. The molecule has 2 N–H and O–H groups in total. The van der Waals surface area contributed by atoms with Crippen LogP contribution in [0.1, 0.15) is 17.2 Å². The Morgan fingerprint density at radius 1 is 1.10 bits per heavy atom. The standard InChI is InChI=1S/C17H14ClFN2/c18-14-6-3-5-13(17(14)19)15(20)10-11-8-9-21-16-7-2-1-4-12(11)16/h1-9,15H,10,20H2. The van der Waals surface area contributed by atoms with Crippen LogP contribution in [0.4, 0.5) is 4.39 Å². The molecular formula is C17H14ClFN2. The van der Waals surface area contributed by atoms with Crippen LogP contribution in [0.15, 0.2) is 54.7 Å². The lowest BCUT2D eigenvalue weighted by Gasteiger charge is -2.15. The molecule has 0 aliphatic carbocycles. The molecule has 0 bridgehead atoms. The minimum Gasteiger partial charge on any atom is -0.324 e. The highest BCUT2D eigenvalue weighted by Gasteiger charge is 2.15. The molecular weight excluding hydrogens is 287 g/mol. The fourth-order valence-electron chi connectivity index (χ4n) is 2.49. The van der Waals surface area contributed by atoms with Gasteiger partial charge in [-0.2, -0.15) is 0 Å². The molecule has 4 heteroatoms. The molecule has 21 heavy (non-hydrogen) atoms. The summed E-state index contributed by atoms with van der Waals surface area (Å²) in [5.41, 5.74) is 8.56. The van der Waals surface area contributed by atoms with Crippen LogP contribution < -0.4 is 5.73 Å². The highest BCUT2D eigenvalue weighted by Crippen LogP contribution is 2.26. The Morgan fingerprint density at radius 2 is 1.90 bits per heavy atom. The maximum atomic E-state index is 14.0. The van der Waals surface area contributed by atoms with Crippen LogP contribution in [0.2, 0.25) is 5.02 Å². The molecule has 0 spiro atoms.